The molecule has 128 valence electrons. The molecule has 2 aromatic heterocycles. The van der Waals surface area contributed by atoms with E-state index in [4.69, 9.17) is 4.52 Å². The molecule has 0 bridgehead atoms. The van der Waals surface area contributed by atoms with Crippen LogP contribution < -0.4 is 0 Å². The molecule has 0 N–H and O–H groups in total. The van der Waals surface area contributed by atoms with Crippen molar-refractivity contribution in [3.05, 3.63) is 47.4 Å². The van der Waals surface area contributed by atoms with Crippen LogP contribution in [-0.4, -0.2) is 49.0 Å². The summed E-state index contributed by atoms with van der Waals surface area (Å²) in [6.07, 6.45) is 2.63. The van der Waals surface area contributed by atoms with Gasteiger partial charge < -0.3 is 9.42 Å². The Morgan fingerprint density at radius 2 is 2.04 bits per heavy atom. The molecule has 1 atom stereocenters. The van der Waals surface area contributed by atoms with Crippen LogP contribution in [0.5, 0.6) is 0 Å². The maximum atomic E-state index is 12.6. The molecule has 1 aliphatic heterocycles. The van der Waals surface area contributed by atoms with Gasteiger partial charge in [0.2, 0.25) is 0 Å². The number of carbonyl (C=O) groups excluding carboxylic acids is 1. The minimum Gasteiger partial charge on any atom is -0.336 e. The first kappa shape index (κ1) is 15.5. The van der Waals surface area contributed by atoms with E-state index in [2.05, 4.69) is 20.5 Å². The number of amides is 1. The molecular formula is C17H18N6O2. The summed E-state index contributed by atoms with van der Waals surface area (Å²) in [6.45, 7) is 5.07. The van der Waals surface area contributed by atoms with E-state index in [0.717, 1.165) is 12.0 Å². The van der Waals surface area contributed by atoms with Gasteiger partial charge in [-0.05, 0) is 32.4 Å². The largest absolute Gasteiger partial charge is 0.336 e. The molecule has 0 radical (unpaired) electrons. The summed E-state index contributed by atoms with van der Waals surface area (Å²) in [5, 5.41) is 12.0. The summed E-state index contributed by atoms with van der Waals surface area (Å²) >= 11 is 0. The lowest BCUT2D eigenvalue weighted by molar-refractivity contribution is 0.0787. The second kappa shape index (κ2) is 6.12. The Morgan fingerprint density at radius 1 is 1.24 bits per heavy atom. The first-order valence-electron chi connectivity index (χ1n) is 8.18. The molecular weight excluding hydrogens is 320 g/mol. The van der Waals surface area contributed by atoms with Crippen LogP contribution in [0.15, 0.2) is 35.0 Å². The molecule has 0 spiro atoms. The molecule has 1 aliphatic rings. The maximum absolute atomic E-state index is 12.6. The average Bonchev–Trinajstić information content (AvgIpc) is 3.34. The van der Waals surface area contributed by atoms with E-state index in [-0.39, 0.29) is 11.9 Å². The highest BCUT2D eigenvalue weighted by molar-refractivity contribution is 5.94. The quantitative estimate of drug-likeness (QED) is 0.726. The van der Waals surface area contributed by atoms with Crippen LogP contribution in [-0.2, 0) is 0 Å². The molecule has 8 heteroatoms. The average molecular weight is 338 g/mol. The summed E-state index contributed by atoms with van der Waals surface area (Å²) < 4.78 is 6.89. The van der Waals surface area contributed by atoms with Gasteiger partial charge in [-0.3, -0.25) is 4.79 Å². The van der Waals surface area contributed by atoms with Crippen molar-refractivity contribution in [3.8, 4) is 11.6 Å². The highest BCUT2D eigenvalue weighted by Crippen LogP contribution is 2.24. The van der Waals surface area contributed by atoms with E-state index in [0.29, 0.717) is 36.1 Å². The molecule has 1 fully saturated rings. The molecule has 0 saturated carbocycles. The van der Waals surface area contributed by atoms with Crippen molar-refractivity contribution >= 4 is 5.91 Å². The van der Waals surface area contributed by atoms with Crippen molar-refractivity contribution < 1.29 is 9.32 Å². The van der Waals surface area contributed by atoms with E-state index in [1.165, 1.54) is 0 Å². The Labute approximate surface area is 144 Å². The van der Waals surface area contributed by atoms with Gasteiger partial charge in [-0.2, -0.15) is 4.98 Å². The lowest BCUT2D eigenvalue weighted by Gasteiger charge is -2.16. The first-order valence-corrected chi connectivity index (χ1v) is 8.18. The van der Waals surface area contributed by atoms with Crippen LogP contribution >= 0.6 is 0 Å². The van der Waals surface area contributed by atoms with Crippen molar-refractivity contribution in [2.24, 2.45) is 0 Å². The zero-order valence-corrected chi connectivity index (χ0v) is 14.1. The summed E-state index contributed by atoms with van der Waals surface area (Å²) in [5.41, 5.74) is 2.40. The predicted octanol–water partition coefficient (Wildman–Crippen LogP) is 2.03. The van der Waals surface area contributed by atoms with Crippen molar-refractivity contribution in [2.45, 2.75) is 26.3 Å². The molecule has 8 nitrogen and oxygen atoms in total. The van der Waals surface area contributed by atoms with Crippen LogP contribution in [0.25, 0.3) is 11.6 Å². The third kappa shape index (κ3) is 3.02. The number of nitrogens with zero attached hydrogens (tertiary/aromatic N) is 6. The molecule has 1 aromatic carbocycles. The Morgan fingerprint density at radius 3 is 2.76 bits per heavy atom. The van der Waals surface area contributed by atoms with Crippen LogP contribution in [0.1, 0.15) is 34.2 Å². The third-order valence-corrected chi connectivity index (χ3v) is 4.38. The van der Waals surface area contributed by atoms with Crippen LogP contribution in [0, 0.1) is 13.8 Å². The topological polar surface area (TPSA) is 89.9 Å². The summed E-state index contributed by atoms with van der Waals surface area (Å²) in [5.74, 6) is 0.963. The van der Waals surface area contributed by atoms with Crippen LogP contribution in [0.3, 0.4) is 0 Å². The fourth-order valence-electron chi connectivity index (χ4n) is 2.98. The molecule has 4 rings (SSSR count). The summed E-state index contributed by atoms with van der Waals surface area (Å²) in [6, 6.07) is 7.75. The second-order valence-electron chi connectivity index (χ2n) is 6.29. The van der Waals surface area contributed by atoms with Gasteiger partial charge in [0.05, 0.1) is 12.2 Å². The van der Waals surface area contributed by atoms with Crippen LogP contribution in [0.2, 0.25) is 0 Å². The number of benzene rings is 1. The van der Waals surface area contributed by atoms with Gasteiger partial charge in [-0.1, -0.05) is 28.1 Å². The number of carbonyl (C=O) groups is 1. The number of hydrogen-bond acceptors (Lipinski definition) is 6. The Hall–Kier alpha value is -3.03. The van der Waals surface area contributed by atoms with Crippen molar-refractivity contribution in [1.82, 2.24) is 30.0 Å². The number of aryl methyl sites for hydroxylation is 2. The number of hydrogen-bond donors (Lipinski definition) is 0. The zero-order valence-electron chi connectivity index (χ0n) is 14.1. The van der Waals surface area contributed by atoms with Crippen molar-refractivity contribution in [2.75, 3.05) is 13.1 Å². The standard InChI is InChI=1S/C17H18N6O2/c1-11-3-5-13(6-4-11)17(24)22-8-7-14(9-22)23-10-15(19-21-23)16-18-12(2)20-25-16/h3-6,10,14H,7-9H2,1-2H3. The smallest absolute Gasteiger partial charge is 0.280 e. The highest BCUT2D eigenvalue weighted by atomic mass is 16.5. The number of aromatic nitrogens is 5. The first-order chi connectivity index (χ1) is 12.1. The van der Waals surface area contributed by atoms with Gasteiger partial charge in [0.25, 0.3) is 11.8 Å². The molecule has 3 heterocycles. The van der Waals surface area contributed by atoms with Gasteiger partial charge in [0.1, 0.15) is 0 Å². The lowest BCUT2D eigenvalue weighted by atomic mass is 10.1. The fourth-order valence-corrected chi connectivity index (χ4v) is 2.98. The number of likely N-dealkylation sites (tertiary alicyclic amines) is 1. The van der Waals surface area contributed by atoms with E-state index < -0.39 is 0 Å². The predicted molar refractivity (Wildman–Crippen MR) is 88.8 cm³/mol. The van der Waals surface area contributed by atoms with Gasteiger partial charge in [0, 0.05) is 18.7 Å². The monoisotopic (exact) mass is 338 g/mol. The van der Waals surface area contributed by atoms with E-state index in [9.17, 15) is 4.79 Å². The van der Waals surface area contributed by atoms with Gasteiger partial charge in [-0.15, -0.1) is 5.10 Å². The number of rotatable bonds is 3. The normalized spacial score (nSPS) is 17.2. The van der Waals surface area contributed by atoms with E-state index in [1.807, 2.05) is 36.1 Å². The van der Waals surface area contributed by atoms with Gasteiger partial charge >= 0.3 is 0 Å². The highest BCUT2D eigenvalue weighted by Gasteiger charge is 2.29. The molecule has 1 saturated heterocycles. The summed E-state index contributed by atoms with van der Waals surface area (Å²) in [7, 11) is 0. The molecule has 0 aliphatic carbocycles. The minimum absolute atomic E-state index is 0.0513. The molecule has 1 unspecified atom stereocenters. The lowest BCUT2D eigenvalue weighted by Crippen LogP contribution is -2.29. The zero-order chi connectivity index (χ0) is 17.4. The molecule has 1 amide bonds. The minimum atomic E-state index is 0.0513. The maximum Gasteiger partial charge on any atom is 0.280 e. The Kier molecular flexibility index (Phi) is 3.79. The Bertz CT molecular complexity index is 898. The Balaban J connectivity index is 1.46. The molecule has 3 aromatic rings. The second-order valence-corrected chi connectivity index (χ2v) is 6.29. The van der Waals surface area contributed by atoms with Gasteiger partial charge in [0.15, 0.2) is 11.5 Å². The van der Waals surface area contributed by atoms with Gasteiger partial charge in [-0.25, -0.2) is 4.68 Å². The molecule has 25 heavy (non-hydrogen) atoms. The van der Waals surface area contributed by atoms with Crippen molar-refractivity contribution in [3.63, 3.8) is 0 Å². The van der Waals surface area contributed by atoms with E-state index >= 15 is 0 Å². The van der Waals surface area contributed by atoms with E-state index in [1.54, 1.807) is 17.8 Å². The summed E-state index contributed by atoms with van der Waals surface area (Å²) in [4.78, 5) is 18.6. The fraction of sp³-hybridized carbons (Fsp3) is 0.353. The SMILES string of the molecule is Cc1ccc(C(=O)N2CCC(n3cc(-c4nc(C)no4)nn3)C2)cc1. The van der Waals surface area contributed by atoms with Crippen LogP contribution in [0.4, 0.5) is 0 Å². The van der Waals surface area contributed by atoms with Crippen molar-refractivity contribution in [1.29, 1.82) is 0 Å². The third-order valence-electron chi connectivity index (χ3n) is 4.38.